The fraction of sp³-hybridized carbons (Fsp3) is 0.222. The van der Waals surface area contributed by atoms with Gasteiger partial charge in [0.15, 0.2) is 0 Å². The molecule has 0 spiro atoms. The highest BCUT2D eigenvalue weighted by molar-refractivity contribution is 6.43. The van der Waals surface area contributed by atoms with Crippen LogP contribution < -0.4 is 10.2 Å². The SMILES string of the molecule is CC(C)COc1ccc(C(=O)NN=Cc2cccc(Cl)c2Cl)cc1. The van der Waals surface area contributed by atoms with Gasteiger partial charge >= 0.3 is 0 Å². The Labute approximate surface area is 151 Å². The Morgan fingerprint density at radius 1 is 1.21 bits per heavy atom. The van der Waals surface area contributed by atoms with Crippen molar-refractivity contribution in [1.29, 1.82) is 0 Å². The molecule has 0 saturated carbocycles. The molecule has 4 nitrogen and oxygen atoms in total. The van der Waals surface area contributed by atoms with Gasteiger partial charge in [0, 0.05) is 11.1 Å². The van der Waals surface area contributed by atoms with Crippen LogP contribution in [0, 0.1) is 5.92 Å². The highest BCUT2D eigenvalue weighted by Crippen LogP contribution is 2.24. The number of hydrogen-bond acceptors (Lipinski definition) is 3. The minimum Gasteiger partial charge on any atom is -0.493 e. The van der Waals surface area contributed by atoms with Gasteiger partial charge in [0.25, 0.3) is 5.91 Å². The van der Waals surface area contributed by atoms with Gasteiger partial charge in [-0.2, -0.15) is 5.10 Å². The number of rotatable bonds is 6. The summed E-state index contributed by atoms with van der Waals surface area (Å²) in [5.41, 5.74) is 3.57. The second-order valence-electron chi connectivity index (χ2n) is 5.57. The van der Waals surface area contributed by atoms with E-state index in [4.69, 9.17) is 27.9 Å². The highest BCUT2D eigenvalue weighted by Gasteiger charge is 2.06. The van der Waals surface area contributed by atoms with Crippen LogP contribution in [-0.2, 0) is 0 Å². The van der Waals surface area contributed by atoms with Crippen molar-refractivity contribution in [1.82, 2.24) is 5.43 Å². The second-order valence-corrected chi connectivity index (χ2v) is 6.36. The first-order valence-corrected chi connectivity index (χ1v) is 8.23. The second kappa shape index (κ2) is 8.71. The van der Waals surface area contributed by atoms with Crippen LogP contribution in [0.2, 0.25) is 10.0 Å². The summed E-state index contributed by atoms with van der Waals surface area (Å²) in [5, 5.41) is 4.73. The Hall–Kier alpha value is -2.04. The van der Waals surface area contributed by atoms with E-state index >= 15 is 0 Å². The Morgan fingerprint density at radius 3 is 2.58 bits per heavy atom. The molecule has 0 unspecified atom stereocenters. The standard InChI is InChI=1S/C18H18Cl2N2O2/c1-12(2)11-24-15-8-6-13(7-9-15)18(23)22-21-10-14-4-3-5-16(19)17(14)20/h3-10,12H,11H2,1-2H3,(H,22,23). The molecular weight excluding hydrogens is 347 g/mol. The third kappa shape index (κ3) is 5.25. The van der Waals surface area contributed by atoms with Gasteiger partial charge in [0.2, 0.25) is 0 Å². The van der Waals surface area contributed by atoms with Crippen molar-refractivity contribution in [2.24, 2.45) is 11.0 Å². The van der Waals surface area contributed by atoms with E-state index in [2.05, 4.69) is 24.4 Å². The molecule has 126 valence electrons. The van der Waals surface area contributed by atoms with Gasteiger partial charge in [0.05, 0.1) is 22.9 Å². The molecule has 0 atom stereocenters. The quantitative estimate of drug-likeness (QED) is 0.591. The number of nitrogens with zero attached hydrogens (tertiary/aromatic N) is 1. The summed E-state index contributed by atoms with van der Waals surface area (Å²) in [6.45, 7) is 4.79. The molecule has 0 heterocycles. The first-order chi connectivity index (χ1) is 11.5. The van der Waals surface area contributed by atoms with Crippen molar-refractivity contribution in [3.63, 3.8) is 0 Å². The normalized spacial score (nSPS) is 11.0. The molecule has 2 aromatic rings. The predicted molar refractivity (Wildman–Crippen MR) is 98.3 cm³/mol. The van der Waals surface area contributed by atoms with E-state index in [1.54, 1.807) is 42.5 Å². The lowest BCUT2D eigenvalue weighted by molar-refractivity contribution is 0.0955. The molecule has 0 aromatic heterocycles. The lowest BCUT2D eigenvalue weighted by Gasteiger charge is -2.08. The number of ether oxygens (including phenoxy) is 1. The Kier molecular flexibility index (Phi) is 6.64. The van der Waals surface area contributed by atoms with Crippen molar-refractivity contribution < 1.29 is 9.53 Å². The smallest absolute Gasteiger partial charge is 0.271 e. The van der Waals surface area contributed by atoms with Crippen LogP contribution in [0.1, 0.15) is 29.8 Å². The average Bonchev–Trinajstić information content (AvgIpc) is 2.57. The van der Waals surface area contributed by atoms with E-state index in [1.165, 1.54) is 6.21 Å². The lowest BCUT2D eigenvalue weighted by Crippen LogP contribution is -2.17. The summed E-state index contributed by atoms with van der Waals surface area (Å²) in [6, 6.07) is 12.1. The first kappa shape index (κ1) is 18.3. The average molecular weight is 365 g/mol. The van der Waals surface area contributed by atoms with Crippen molar-refractivity contribution in [2.45, 2.75) is 13.8 Å². The number of carbonyl (C=O) groups is 1. The van der Waals surface area contributed by atoms with Crippen molar-refractivity contribution in [3.8, 4) is 5.75 Å². The number of amides is 1. The minimum atomic E-state index is -0.320. The zero-order valence-corrected chi connectivity index (χ0v) is 14.9. The maximum absolute atomic E-state index is 12.0. The topological polar surface area (TPSA) is 50.7 Å². The number of hydrazone groups is 1. The van der Waals surface area contributed by atoms with Crippen LogP contribution in [0.4, 0.5) is 0 Å². The number of carbonyl (C=O) groups excluding carboxylic acids is 1. The van der Waals surface area contributed by atoms with Gasteiger partial charge < -0.3 is 4.74 Å². The van der Waals surface area contributed by atoms with Gasteiger partial charge in [0.1, 0.15) is 5.75 Å². The summed E-state index contributed by atoms with van der Waals surface area (Å²) in [5.74, 6) is 0.856. The molecule has 0 aliphatic carbocycles. The van der Waals surface area contributed by atoms with E-state index in [-0.39, 0.29) is 5.91 Å². The summed E-state index contributed by atoms with van der Waals surface area (Å²) in [4.78, 5) is 12.0. The largest absolute Gasteiger partial charge is 0.493 e. The molecule has 0 radical (unpaired) electrons. The van der Waals surface area contributed by atoms with Gasteiger partial charge in [-0.15, -0.1) is 0 Å². The van der Waals surface area contributed by atoms with Crippen LogP contribution in [0.25, 0.3) is 0 Å². The number of hydrogen-bond donors (Lipinski definition) is 1. The summed E-state index contributed by atoms with van der Waals surface area (Å²) in [7, 11) is 0. The molecule has 0 aliphatic heterocycles. The lowest BCUT2D eigenvalue weighted by atomic mass is 10.2. The molecule has 24 heavy (non-hydrogen) atoms. The van der Waals surface area contributed by atoms with Crippen LogP contribution in [-0.4, -0.2) is 18.7 Å². The minimum absolute atomic E-state index is 0.320. The van der Waals surface area contributed by atoms with Crippen LogP contribution in [0.5, 0.6) is 5.75 Å². The third-order valence-corrected chi connectivity index (χ3v) is 3.88. The third-order valence-electron chi connectivity index (χ3n) is 3.05. The van der Waals surface area contributed by atoms with Crippen molar-refractivity contribution in [3.05, 3.63) is 63.6 Å². The molecular formula is C18H18Cl2N2O2. The number of benzene rings is 2. The number of halogens is 2. The summed E-state index contributed by atoms with van der Waals surface area (Å²) >= 11 is 12.0. The maximum Gasteiger partial charge on any atom is 0.271 e. The monoisotopic (exact) mass is 364 g/mol. The van der Waals surface area contributed by atoms with Gasteiger partial charge in [-0.25, -0.2) is 5.43 Å². The molecule has 0 aliphatic rings. The molecule has 1 N–H and O–H groups in total. The molecule has 2 rings (SSSR count). The molecule has 6 heteroatoms. The van der Waals surface area contributed by atoms with E-state index in [9.17, 15) is 4.79 Å². The maximum atomic E-state index is 12.0. The molecule has 2 aromatic carbocycles. The first-order valence-electron chi connectivity index (χ1n) is 7.47. The Balaban J connectivity index is 1.95. The van der Waals surface area contributed by atoms with Crippen molar-refractivity contribution in [2.75, 3.05) is 6.61 Å². The van der Waals surface area contributed by atoms with Crippen LogP contribution in [0.15, 0.2) is 47.6 Å². The molecule has 1 amide bonds. The van der Waals surface area contributed by atoms with Gasteiger partial charge in [-0.05, 0) is 36.2 Å². The van der Waals surface area contributed by atoms with Crippen LogP contribution >= 0.6 is 23.2 Å². The molecule has 0 fully saturated rings. The predicted octanol–water partition coefficient (Wildman–Crippen LogP) is 4.79. The molecule has 0 saturated heterocycles. The Bertz CT molecular complexity index is 728. The van der Waals surface area contributed by atoms with Crippen molar-refractivity contribution >= 4 is 35.3 Å². The highest BCUT2D eigenvalue weighted by atomic mass is 35.5. The fourth-order valence-corrected chi connectivity index (χ4v) is 2.17. The molecule has 0 bridgehead atoms. The summed E-state index contributed by atoms with van der Waals surface area (Å²) in [6.07, 6.45) is 1.45. The van der Waals surface area contributed by atoms with Gasteiger partial charge in [-0.3, -0.25) is 4.79 Å². The van der Waals surface area contributed by atoms with Crippen LogP contribution in [0.3, 0.4) is 0 Å². The van der Waals surface area contributed by atoms with E-state index in [0.717, 1.165) is 5.75 Å². The van der Waals surface area contributed by atoms with Gasteiger partial charge in [-0.1, -0.05) is 49.2 Å². The van der Waals surface area contributed by atoms with E-state index < -0.39 is 0 Å². The summed E-state index contributed by atoms with van der Waals surface area (Å²) < 4.78 is 5.58. The zero-order valence-electron chi connectivity index (χ0n) is 13.4. The van der Waals surface area contributed by atoms with E-state index in [0.29, 0.717) is 33.7 Å². The fourth-order valence-electron chi connectivity index (χ4n) is 1.81. The zero-order chi connectivity index (χ0) is 17.5. The van der Waals surface area contributed by atoms with E-state index in [1.807, 2.05) is 0 Å². The number of nitrogens with one attached hydrogen (secondary N) is 1. The Morgan fingerprint density at radius 2 is 1.92 bits per heavy atom.